The van der Waals surface area contributed by atoms with Crippen LogP contribution in [0.25, 0.3) is 10.9 Å². The summed E-state index contributed by atoms with van der Waals surface area (Å²) in [5.41, 5.74) is 5.77. The largest absolute Gasteiger partial charge is 0.373 e. The van der Waals surface area contributed by atoms with Crippen molar-refractivity contribution in [2.45, 2.75) is 12.8 Å². The molecular weight excluding hydrogens is 300 g/mol. The number of carbonyl (C=O) groups is 1. The Balaban J connectivity index is 2.52. The first-order valence-corrected chi connectivity index (χ1v) is 6.64. The molecule has 0 aliphatic heterocycles. The Morgan fingerprint density at radius 2 is 2.14 bits per heavy atom. The van der Waals surface area contributed by atoms with Crippen LogP contribution in [-0.4, -0.2) is 24.5 Å². The second-order valence-electron chi connectivity index (χ2n) is 4.67. The standard InChI is InChI=1S/C14H14ClF2N3O/c1-20(5-4-13(18)21)12-7-11(14(16)17)19-10-3-2-8(15)6-9(10)12/h2-3,6-7,14H,4-5H2,1H3,(H2,18,21). The van der Waals surface area contributed by atoms with E-state index in [-0.39, 0.29) is 12.1 Å². The Labute approximate surface area is 125 Å². The van der Waals surface area contributed by atoms with Crippen molar-refractivity contribution in [3.63, 3.8) is 0 Å². The highest BCUT2D eigenvalue weighted by atomic mass is 35.5. The van der Waals surface area contributed by atoms with Crippen molar-refractivity contribution in [1.29, 1.82) is 0 Å². The van der Waals surface area contributed by atoms with E-state index < -0.39 is 12.3 Å². The molecule has 2 rings (SSSR count). The molecule has 21 heavy (non-hydrogen) atoms. The third-order valence-corrected chi connectivity index (χ3v) is 3.33. The van der Waals surface area contributed by atoms with Crippen molar-refractivity contribution in [1.82, 2.24) is 4.98 Å². The maximum atomic E-state index is 13.0. The number of alkyl halides is 2. The average molecular weight is 314 g/mol. The number of hydrogen-bond acceptors (Lipinski definition) is 3. The van der Waals surface area contributed by atoms with Crippen LogP contribution in [0.4, 0.5) is 14.5 Å². The summed E-state index contributed by atoms with van der Waals surface area (Å²) in [4.78, 5) is 16.5. The molecule has 1 aromatic heterocycles. The predicted molar refractivity (Wildman–Crippen MR) is 78.8 cm³/mol. The fourth-order valence-corrected chi connectivity index (χ4v) is 2.20. The van der Waals surface area contributed by atoms with Crippen LogP contribution >= 0.6 is 11.6 Å². The number of halogens is 3. The van der Waals surface area contributed by atoms with Gasteiger partial charge in [0, 0.05) is 36.1 Å². The number of pyridine rings is 1. The molecule has 0 aliphatic carbocycles. The summed E-state index contributed by atoms with van der Waals surface area (Å²) in [5, 5.41) is 1.14. The average Bonchev–Trinajstić information content (AvgIpc) is 2.43. The van der Waals surface area contributed by atoms with Gasteiger partial charge in [-0.15, -0.1) is 0 Å². The molecule has 0 spiro atoms. The van der Waals surface area contributed by atoms with Gasteiger partial charge in [0.25, 0.3) is 6.43 Å². The van der Waals surface area contributed by atoms with Gasteiger partial charge in [-0.25, -0.2) is 13.8 Å². The van der Waals surface area contributed by atoms with Crippen molar-refractivity contribution >= 4 is 34.1 Å². The Morgan fingerprint density at radius 1 is 1.43 bits per heavy atom. The molecule has 1 amide bonds. The van der Waals surface area contributed by atoms with Gasteiger partial charge in [0.15, 0.2) is 0 Å². The summed E-state index contributed by atoms with van der Waals surface area (Å²) in [6, 6.07) is 6.16. The monoisotopic (exact) mass is 313 g/mol. The first-order valence-electron chi connectivity index (χ1n) is 6.26. The van der Waals surface area contributed by atoms with Gasteiger partial charge in [-0.2, -0.15) is 0 Å². The second-order valence-corrected chi connectivity index (χ2v) is 5.10. The molecule has 4 nitrogen and oxygen atoms in total. The number of anilines is 1. The lowest BCUT2D eigenvalue weighted by molar-refractivity contribution is -0.117. The first kappa shape index (κ1) is 15.4. The van der Waals surface area contributed by atoms with Gasteiger partial charge in [-0.05, 0) is 24.3 Å². The molecule has 0 aliphatic rings. The number of rotatable bonds is 5. The fraction of sp³-hybridized carbons (Fsp3) is 0.286. The number of carbonyl (C=O) groups excluding carboxylic acids is 1. The minimum absolute atomic E-state index is 0.130. The van der Waals surface area contributed by atoms with E-state index >= 15 is 0 Å². The van der Waals surface area contributed by atoms with Gasteiger partial charge in [0.2, 0.25) is 5.91 Å². The number of aromatic nitrogens is 1. The summed E-state index contributed by atoms with van der Waals surface area (Å²) in [6.45, 7) is 0.323. The number of benzene rings is 1. The van der Waals surface area contributed by atoms with E-state index in [4.69, 9.17) is 17.3 Å². The molecule has 112 valence electrons. The van der Waals surface area contributed by atoms with E-state index in [1.54, 1.807) is 30.1 Å². The molecule has 1 heterocycles. The number of primary amides is 1. The van der Waals surface area contributed by atoms with Gasteiger partial charge in [0.05, 0.1) is 5.52 Å². The minimum atomic E-state index is -2.67. The highest BCUT2D eigenvalue weighted by molar-refractivity contribution is 6.31. The molecule has 7 heteroatoms. The Kier molecular flexibility index (Phi) is 4.57. The third-order valence-electron chi connectivity index (χ3n) is 3.10. The van der Waals surface area contributed by atoms with Crippen LogP contribution in [0.2, 0.25) is 5.02 Å². The van der Waals surface area contributed by atoms with E-state index in [0.29, 0.717) is 28.2 Å². The summed E-state index contributed by atoms with van der Waals surface area (Å²) >= 11 is 5.96. The van der Waals surface area contributed by atoms with Crippen molar-refractivity contribution < 1.29 is 13.6 Å². The summed E-state index contributed by atoms with van der Waals surface area (Å²) in [5.74, 6) is -0.452. The van der Waals surface area contributed by atoms with Crippen molar-refractivity contribution in [2.75, 3.05) is 18.5 Å². The maximum Gasteiger partial charge on any atom is 0.280 e. The van der Waals surface area contributed by atoms with Crippen molar-refractivity contribution in [3.8, 4) is 0 Å². The molecule has 2 aromatic rings. The zero-order valence-corrected chi connectivity index (χ0v) is 12.1. The lowest BCUT2D eigenvalue weighted by Gasteiger charge is -2.21. The molecule has 0 atom stereocenters. The molecule has 0 fully saturated rings. The van der Waals surface area contributed by atoms with Crippen molar-refractivity contribution in [2.24, 2.45) is 5.73 Å². The van der Waals surface area contributed by atoms with Gasteiger partial charge in [0.1, 0.15) is 5.69 Å². The number of nitrogens with zero attached hydrogens (tertiary/aromatic N) is 2. The SMILES string of the molecule is CN(CCC(N)=O)c1cc(C(F)F)nc2ccc(Cl)cc12. The molecule has 0 unspecified atom stereocenters. The summed E-state index contributed by atoms with van der Waals surface area (Å²) < 4.78 is 25.9. The first-order chi connectivity index (χ1) is 9.88. The molecule has 0 radical (unpaired) electrons. The Morgan fingerprint density at radius 3 is 2.76 bits per heavy atom. The van der Waals surface area contributed by atoms with Crippen LogP contribution in [0.3, 0.4) is 0 Å². The summed E-state index contributed by atoms with van der Waals surface area (Å²) in [7, 11) is 1.70. The van der Waals surface area contributed by atoms with Crippen LogP contribution in [0.1, 0.15) is 18.5 Å². The van der Waals surface area contributed by atoms with Gasteiger partial charge < -0.3 is 10.6 Å². The molecule has 0 saturated carbocycles. The fourth-order valence-electron chi connectivity index (χ4n) is 2.03. The van der Waals surface area contributed by atoms with Crippen molar-refractivity contribution in [3.05, 3.63) is 35.0 Å². The Hall–Kier alpha value is -1.95. The van der Waals surface area contributed by atoms with E-state index in [1.807, 2.05) is 0 Å². The molecule has 0 saturated heterocycles. The second kappa shape index (κ2) is 6.22. The van der Waals surface area contributed by atoms with Crippen LogP contribution in [0, 0.1) is 0 Å². The lowest BCUT2D eigenvalue weighted by atomic mass is 10.1. The Bertz CT molecular complexity index is 679. The molecule has 0 bridgehead atoms. The van der Waals surface area contributed by atoms with Gasteiger partial charge in [-0.1, -0.05) is 11.6 Å². The van der Waals surface area contributed by atoms with Crippen LogP contribution < -0.4 is 10.6 Å². The van der Waals surface area contributed by atoms with Crippen LogP contribution in [0.15, 0.2) is 24.3 Å². The smallest absolute Gasteiger partial charge is 0.280 e. The molecule has 1 aromatic carbocycles. The van der Waals surface area contributed by atoms with Crippen LogP contribution in [-0.2, 0) is 4.79 Å². The number of nitrogens with two attached hydrogens (primary N) is 1. The van der Waals surface area contributed by atoms with E-state index in [0.717, 1.165) is 0 Å². The quantitative estimate of drug-likeness (QED) is 0.922. The van der Waals surface area contributed by atoms with Gasteiger partial charge >= 0.3 is 0 Å². The minimum Gasteiger partial charge on any atom is -0.373 e. The zero-order valence-electron chi connectivity index (χ0n) is 11.3. The maximum absolute atomic E-state index is 13.0. The van der Waals surface area contributed by atoms with Crippen LogP contribution in [0.5, 0.6) is 0 Å². The predicted octanol–water partition coefficient (Wildman–Crippen LogP) is 3.14. The third kappa shape index (κ3) is 3.58. The zero-order chi connectivity index (χ0) is 15.6. The van der Waals surface area contributed by atoms with E-state index in [9.17, 15) is 13.6 Å². The lowest BCUT2D eigenvalue weighted by Crippen LogP contribution is -2.24. The van der Waals surface area contributed by atoms with E-state index in [2.05, 4.69) is 4.98 Å². The highest BCUT2D eigenvalue weighted by Crippen LogP contribution is 2.31. The molecular formula is C14H14ClF2N3O. The number of fused-ring (bicyclic) bond motifs is 1. The normalized spacial score (nSPS) is 11.1. The summed E-state index contributed by atoms with van der Waals surface area (Å²) in [6.07, 6.45) is -2.54. The topological polar surface area (TPSA) is 59.2 Å². The van der Waals surface area contributed by atoms with Gasteiger partial charge in [-0.3, -0.25) is 4.79 Å². The number of hydrogen-bond donors (Lipinski definition) is 1. The highest BCUT2D eigenvalue weighted by Gasteiger charge is 2.16. The van der Waals surface area contributed by atoms with E-state index in [1.165, 1.54) is 6.07 Å². The number of amides is 1. The molecule has 2 N–H and O–H groups in total.